The molecule has 0 amide bonds. The van der Waals surface area contributed by atoms with Crippen LogP contribution in [-0.2, 0) is 5.41 Å². The first-order valence-electron chi connectivity index (χ1n) is 32.9. The Labute approximate surface area is 346 Å². The van der Waals surface area contributed by atoms with Gasteiger partial charge in [0.05, 0.1) is 42.5 Å². The number of hydrogen-bond acceptors (Lipinski definition) is 1. The highest BCUT2D eigenvalue weighted by Gasteiger charge is 2.36. The van der Waals surface area contributed by atoms with Crippen molar-refractivity contribution in [3.63, 3.8) is 0 Å². The van der Waals surface area contributed by atoms with Crippen LogP contribution in [0.15, 0.2) is 187 Å². The summed E-state index contributed by atoms with van der Waals surface area (Å²) in [6.07, 6.45) is 0. The minimum Gasteiger partial charge on any atom is -0.311 e. The van der Waals surface area contributed by atoms with E-state index in [1.54, 1.807) is 0 Å². The van der Waals surface area contributed by atoms with E-state index in [9.17, 15) is 27.4 Å². The first-order valence-corrected chi connectivity index (χ1v) is 14.4. The van der Waals surface area contributed by atoms with Crippen LogP contribution >= 0.6 is 0 Å². The number of fused-ring (bicyclic) bond motifs is 2. The first-order chi connectivity index (χ1) is 40.0. The van der Waals surface area contributed by atoms with E-state index in [0.29, 0.717) is 0 Å². The molecule has 0 heterocycles. The molecule has 0 spiro atoms. The molecule has 1 aliphatic rings. The van der Waals surface area contributed by atoms with E-state index in [1.807, 2.05) is 0 Å². The van der Waals surface area contributed by atoms with Gasteiger partial charge in [0.15, 0.2) is 0 Å². The Morgan fingerprint density at radius 1 is 0.420 bits per heavy atom. The van der Waals surface area contributed by atoms with Crippen molar-refractivity contribution in [2.45, 2.75) is 19.1 Å². The molecule has 8 aromatic carbocycles. The van der Waals surface area contributed by atoms with Crippen LogP contribution in [0.3, 0.4) is 0 Å². The molecule has 1 heteroatoms. The van der Waals surface area contributed by atoms with Crippen LogP contribution in [-0.4, -0.2) is 0 Å². The summed E-state index contributed by atoms with van der Waals surface area (Å²) in [5.74, 6) is 0. The predicted octanol–water partition coefficient (Wildman–Crippen LogP) is 13.6. The fourth-order valence-corrected chi connectivity index (χ4v) is 5.59. The molecule has 0 bridgehead atoms. The largest absolute Gasteiger partial charge is 0.311 e. The van der Waals surface area contributed by atoms with Crippen LogP contribution in [0.4, 0.5) is 17.1 Å². The molecule has 0 atom stereocenters. The third-order valence-corrected chi connectivity index (χ3v) is 7.69. The lowest BCUT2D eigenvalue weighted by molar-refractivity contribution is 0.647. The molecule has 0 unspecified atom stereocenters. The molecule has 238 valence electrons. The van der Waals surface area contributed by atoms with Crippen LogP contribution < -0.4 is 4.90 Å². The zero-order valence-corrected chi connectivity index (χ0v) is 24.9. The summed E-state index contributed by atoms with van der Waals surface area (Å²) in [6.45, 7) is -8.51. The molecule has 1 nitrogen and oxygen atoms in total. The summed E-state index contributed by atoms with van der Waals surface area (Å²) in [5, 5.41) is -1.95. The van der Waals surface area contributed by atoms with Gasteiger partial charge in [-0.15, -0.1) is 0 Å². The monoisotopic (exact) mass is 677 g/mol. The van der Waals surface area contributed by atoms with E-state index in [2.05, 4.69) is 0 Å². The van der Waals surface area contributed by atoms with E-state index in [1.165, 1.54) is 0 Å². The first kappa shape index (κ1) is 10.2. The summed E-state index contributed by atoms with van der Waals surface area (Å²) in [6, 6.07) is -38.2. The van der Waals surface area contributed by atoms with Gasteiger partial charge in [-0.25, -0.2) is 0 Å². The fraction of sp³-hybridized carbons (Fsp3) is 0.0612. The average Bonchev–Trinajstić information content (AvgIpc) is 0.657. The van der Waals surface area contributed by atoms with Gasteiger partial charge in [-0.05, 0) is 103 Å². The smallest absolute Gasteiger partial charge is 0.0645 e. The second kappa shape index (κ2) is 12.1. The molecule has 9 rings (SSSR count). The van der Waals surface area contributed by atoms with Crippen molar-refractivity contribution < 1.29 is 50.7 Å². The molecule has 0 saturated heterocycles. The van der Waals surface area contributed by atoms with Crippen molar-refractivity contribution in [2.24, 2.45) is 0 Å². The highest BCUT2D eigenvalue weighted by molar-refractivity contribution is 6.10. The molecule has 8 aromatic rings. The summed E-state index contributed by atoms with van der Waals surface area (Å²) in [5.41, 5.74) is -19.5. The quantitative estimate of drug-likeness (QED) is 0.169. The van der Waals surface area contributed by atoms with Gasteiger partial charge >= 0.3 is 0 Å². The van der Waals surface area contributed by atoms with Crippen LogP contribution in [0.1, 0.15) is 75.5 Å². The van der Waals surface area contributed by atoms with Crippen LogP contribution in [0.25, 0.3) is 55.3 Å². The molecule has 0 saturated carbocycles. The molecule has 1 aliphatic carbocycles. The Hall–Kier alpha value is -6.18. The Kier molecular flexibility index (Phi) is 2.46. The Morgan fingerprint density at radius 3 is 1.60 bits per heavy atom. The lowest BCUT2D eigenvalue weighted by Crippen LogP contribution is -2.25. The van der Waals surface area contributed by atoms with Gasteiger partial charge < -0.3 is 4.90 Å². The third-order valence-electron chi connectivity index (χ3n) is 7.69. The molecule has 50 heavy (non-hydrogen) atoms. The minimum atomic E-state index is -4.26. The topological polar surface area (TPSA) is 3.24 Å². The Balaban J connectivity index is 1.56. The predicted molar refractivity (Wildman–Crippen MR) is 213 cm³/mol. The van der Waals surface area contributed by atoms with E-state index in [-0.39, 0.29) is 4.90 Å². The molecule has 0 aliphatic heterocycles. The van der Waals surface area contributed by atoms with Gasteiger partial charge in [-0.2, -0.15) is 0 Å². The summed E-state index contributed by atoms with van der Waals surface area (Å²) in [7, 11) is 0. The summed E-state index contributed by atoms with van der Waals surface area (Å²) >= 11 is 0. The number of anilines is 3. The van der Waals surface area contributed by atoms with E-state index in [0.717, 1.165) is 0 Å². The van der Waals surface area contributed by atoms with E-state index >= 15 is 0 Å². The molecule has 0 fully saturated rings. The zero-order valence-electron chi connectivity index (χ0n) is 61.9. The van der Waals surface area contributed by atoms with E-state index < -0.39 is 290 Å². The normalized spacial score (nSPS) is 23.7. The number of rotatable bonds is 6. The third kappa shape index (κ3) is 4.94. The second-order valence-corrected chi connectivity index (χ2v) is 10.5. The molecule has 0 radical (unpaired) electrons. The highest BCUT2D eigenvalue weighted by atomic mass is 15.1. The molecular formula is C49H37N. The standard InChI is InChI=1S/C49H37N/c1-49(2)45-23-12-18-38-28-33-42(36-16-8-4-9-17-36)47(46(38)45)44-22-13-21-43(48(44)49)37-26-31-41(32-27-37)50(39-19-10-5-11-20-39)40-29-24-35(25-30-40)34-14-6-3-7-15-34/h3-33H,1-2H3/i1D3,2D3,3D,4D,5D,6D,7D,8D,9D,10D,11D,12D,13D,14D,15D,16D,17D,18D,19D,20D,21D,22D,23D,24D,25D,26D,27D,28D,29D,30D,31D,32D,33D. The molecule has 0 N–H and O–H groups in total. The SMILES string of the molecule is [2H]c1c([2H])c([2H])c(-c2c([2H])c([2H])c(N(c3c([2H])c([2H])c([2H])c([2H])c3[2H])c3c([2H])c([2H])c(-c4c([2H])c([2H])c([2H])c5c4C(C([2H])([2H])[2H])(C([2H])([2H])[2H])c4c([2H])c([2H])c([2H])c6c([2H])c([2H])c(-c7c([2H])c([2H])c([2H])c([2H])c7[2H])c-5c46)c([2H])c3[2H])c([2H])c2[2H])c([2H])c1[2H]. The van der Waals surface area contributed by atoms with Gasteiger partial charge in [0.2, 0.25) is 0 Å². The van der Waals surface area contributed by atoms with Gasteiger partial charge in [0.1, 0.15) is 0 Å². The summed E-state index contributed by atoms with van der Waals surface area (Å²) in [4.78, 5) is 0.185. The Morgan fingerprint density at radius 2 is 0.940 bits per heavy atom. The minimum absolute atomic E-state index is 0.185. The van der Waals surface area contributed by atoms with Crippen molar-refractivity contribution in [3.8, 4) is 44.5 Å². The Bertz CT molecular complexity index is 4340. The maximum atomic E-state index is 9.80. The van der Waals surface area contributed by atoms with Crippen LogP contribution in [0.5, 0.6) is 0 Å². The van der Waals surface area contributed by atoms with Crippen molar-refractivity contribution >= 4 is 27.8 Å². The zero-order chi connectivity index (χ0) is 65.6. The summed E-state index contributed by atoms with van der Waals surface area (Å²) < 4.78 is 335. The van der Waals surface area contributed by atoms with Gasteiger partial charge in [-0.3, -0.25) is 0 Å². The average molecular weight is 677 g/mol. The van der Waals surface area contributed by atoms with Gasteiger partial charge in [-0.1, -0.05) is 165 Å². The van der Waals surface area contributed by atoms with Crippen LogP contribution in [0, 0.1) is 0 Å². The number of para-hydroxylation sites is 1. The lowest BCUT2D eigenvalue weighted by atomic mass is 9.65. The van der Waals surface area contributed by atoms with Crippen LogP contribution in [0.2, 0.25) is 0 Å². The van der Waals surface area contributed by atoms with Gasteiger partial charge in [0, 0.05) is 30.7 Å². The van der Waals surface area contributed by atoms with E-state index in [4.69, 9.17) is 23.3 Å². The van der Waals surface area contributed by atoms with Crippen molar-refractivity contribution in [2.75, 3.05) is 4.90 Å². The highest BCUT2D eigenvalue weighted by Crippen LogP contribution is 2.54. The van der Waals surface area contributed by atoms with Crippen molar-refractivity contribution in [3.05, 3.63) is 198 Å². The number of nitrogens with zero attached hydrogens (tertiary/aromatic N) is 1. The number of benzene rings is 8. The maximum Gasteiger partial charge on any atom is 0.0645 e. The fourth-order valence-electron chi connectivity index (χ4n) is 5.59. The lowest BCUT2D eigenvalue weighted by Gasteiger charge is -2.38. The van der Waals surface area contributed by atoms with Gasteiger partial charge in [0.25, 0.3) is 0 Å². The molecular weight excluding hydrogens is 603 g/mol. The second-order valence-electron chi connectivity index (χ2n) is 10.5. The molecule has 0 aromatic heterocycles. The van der Waals surface area contributed by atoms with Crippen molar-refractivity contribution in [1.82, 2.24) is 0 Å². The maximum absolute atomic E-state index is 9.80. The van der Waals surface area contributed by atoms with Crippen molar-refractivity contribution in [1.29, 1.82) is 0 Å². The number of hydrogen-bond donors (Lipinski definition) is 0.